The SMILES string of the molecule is CNCCn1ccc2c(Nc3nccc(-c4cc(C#N)c5c(c4)C(C)(CO)CN5C(=O)OC(C)(C)C)n3)cc(Cl)cc21. The Morgan fingerprint density at radius 2 is 2.05 bits per heavy atom. The van der Waals surface area contributed by atoms with E-state index >= 15 is 0 Å². The number of benzene rings is 2. The molecule has 4 aromatic rings. The van der Waals surface area contributed by atoms with E-state index in [0.717, 1.165) is 29.7 Å². The molecule has 1 aliphatic rings. The highest BCUT2D eigenvalue weighted by Crippen LogP contribution is 2.45. The van der Waals surface area contributed by atoms with Gasteiger partial charge in [-0.25, -0.2) is 14.8 Å². The summed E-state index contributed by atoms with van der Waals surface area (Å²) < 4.78 is 7.75. The van der Waals surface area contributed by atoms with Gasteiger partial charge in [0.05, 0.1) is 34.8 Å². The Morgan fingerprint density at radius 1 is 1.26 bits per heavy atom. The zero-order valence-corrected chi connectivity index (χ0v) is 25.1. The van der Waals surface area contributed by atoms with Gasteiger partial charge in [-0.05, 0) is 69.8 Å². The molecule has 1 aliphatic heterocycles. The number of likely N-dealkylation sites (N-methyl/N-ethyl adjacent to an activating group) is 1. The summed E-state index contributed by atoms with van der Waals surface area (Å²) in [5, 5.41) is 28.5. The molecular weight excluding hydrogens is 554 g/mol. The van der Waals surface area contributed by atoms with E-state index in [-0.39, 0.29) is 18.7 Å². The zero-order chi connectivity index (χ0) is 30.2. The number of nitrogens with one attached hydrogen (secondary N) is 2. The second kappa shape index (κ2) is 11.2. The van der Waals surface area contributed by atoms with E-state index < -0.39 is 17.1 Å². The molecule has 2 aromatic heterocycles. The van der Waals surface area contributed by atoms with Gasteiger partial charge in [0.2, 0.25) is 5.95 Å². The van der Waals surface area contributed by atoms with Gasteiger partial charge in [-0.15, -0.1) is 0 Å². The summed E-state index contributed by atoms with van der Waals surface area (Å²) in [6.45, 7) is 8.80. The van der Waals surface area contributed by atoms with Crippen LogP contribution in [0.4, 0.5) is 22.1 Å². The minimum atomic E-state index is -0.797. The Balaban J connectivity index is 1.53. The summed E-state index contributed by atoms with van der Waals surface area (Å²) in [6.07, 6.45) is 3.10. The van der Waals surface area contributed by atoms with Crippen molar-refractivity contribution in [3.8, 4) is 17.3 Å². The van der Waals surface area contributed by atoms with E-state index in [1.165, 1.54) is 4.90 Å². The number of anilines is 3. The molecule has 1 unspecified atom stereocenters. The van der Waals surface area contributed by atoms with E-state index in [2.05, 4.69) is 26.3 Å². The number of halogens is 1. The summed E-state index contributed by atoms with van der Waals surface area (Å²) in [6, 6.07) is 13.4. The van der Waals surface area contributed by atoms with E-state index in [1.807, 2.05) is 44.4 Å². The molecule has 42 heavy (non-hydrogen) atoms. The molecule has 3 N–H and O–H groups in total. The molecule has 11 heteroatoms. The van der Waals surface area contributed by atoms with Crippen LogP contribution in [0.1, 0.15) is 38.8 Å². The normalized spacial score (nSPS) is 16.4. The maximum Gasteiger partial charge on any atom is 0.414 e. The third-order valence-corrected chi connectivity index (χ3v) is 7.49. The Bertz CT molecular complexity index is 1710. The number of aliphatic hydroxyl groups is 1. The maximum atomic E-state index is 13.1. The number of nitrogens with zero attached hydrogens (tertiary/aromatic N) is 5. The van der Waals surface area contributed by atoms with Crippen LogP contribution in [0.2, 0.25) is 5.02 Å². The predicted molar refractivity (Wildman–Crippen MR) is 164 cm³/mol. The molecule has 2 aromatic carbocycles. The topological polar surface area (TPSA) is 128 Å². The minimum Gasteiger partial charge on any atom is -0.443 e. The van der Waals surface area contributed by atoms with Gasteiger partial charge >= 0.3 is 6.09 Å². The van der Waals surface area contributed by atoms with Gasteiger partial charge in [0.15, 0.2) is 0 Å². The average Bonchev–Trinajstić information content (AvgIpc) is 3.49. The molecule has 0 saturated heterocycles. The quantitative estimate of drug-likeness (QED) is 0.255. The van der Waals surface area contributed by atoms with Gasteiger partial charge in [-0.2, -0.15) is 5.26 Å². The number of hydrogen-bond donors (Lipinski definition) is 3. The van der Waals surface area contributed by atoms with E-state index in [0.29, 0.717) is 33.5 Å². The van der Waals surface area contributed by atoms with Crippen molar-refractivity contribution in [1.29, 1.82) is 5.26 Å². The molecule has 10 nitrogen and oxygen atoms in total. The lowest BCUT2D eigenvalue weighted by Crippen LogP contribution is -2.40. The third-order valence-electron chi connectivity index (χ3n) is 7.27. The first kappa shape index (κ1) is 29.3. The Labute approximate surface area is 249 Å². The number of aromatic nitrogens is 3. The molecule has 218 valence electrons. The van der Waals surface area contributed by atoms with Gasteiger partial charge in [-0.3, -0.25) is 4.90 Å². The number of fused-ring (bicyclic) bond motifs is 2. The molecule has 0 aliphatic carbocycles. The standard InChI is InChI=1S/C31H34ClN7O3/c1-30(2,3)42-29(41)39-17-31(4,18-40)23-13-19(12-20(16-33)27(23)39)24-6-8-35-28(36-24)37-25-14-21(32)15-26-22(25)7-10-38(26)11-9-34-5/h6-8,10,12-15,34,40H,9,11,17-18H2,1-5H3,(H,35,36,37). The van der Waals surface area contributed by atoms with Crippen molar-refractivity contribution < 1.29 is 14.6 Å². The monoisotopic (exact) mass is 587 g/mol. The van der Waals surface area contributed by atoms with E-state index in [9.17, 15) is 15.2 Å². The number of carbonyl (C=O) groups is 1. The summed E-state index contributed by atoms with van der Waals surface area (Å²) in [7, 11) is 1.91. The van der Waals surface area contributed by atoms with Crippen LogP contribution in [0, 0.1) is 11.3 Å². The summed E-state index contributed by atoms with van der Waals surface area (Å²) in [5.74, 6) is 0.360. The Morgan fingerprint density at radius 3 is 2.74 bits per heavy atom. The van der Waals surface area contributed by atoms with Crippen molar-refractivity contribution in [2.75, 3.05) is 37.0 Å². The molecular formula is C31H34ClN7O3. The number of ether oxygens (including phenoxy) is 1. The first-order valence-corrected chi connectivity index (χ1v) is 14.1. The van der Waals surface area contributed by atoms with Crippen molar-refractivity contribution in [3.63, 3.8) is 0 Å². The van der Waals surface area contributed by atoms with Gasteiger partial charge in [-0.1, -0.05) is 18.5 Å². The Hall–Kier alpha value is -4.17. The Kier molecular flexibility index (Phi) is 7.86. The summed E-state index contributed by atoms with van der Waals surface area (Å²) >= 11 is 6.48. The molecule has 0 saturated carbocycles. The first-order valence-electron chi connectivity index (χ1n) is 13.7. The summed E-state index contributed by atoms with van der Waals surface area (Å²) in [4.78, 5) is 23.7. The largest absolute Gasteiger partial charge is 0.443 e. The highest BCUT2D eigenvalue weighted by Gasteiger charge is 2.44. The summed E-state index contributed by atoms with van der Waals surface area (Å²) in [5.41, 5.74) is 2.91. The lowest BCUT2D eigenvalue weighted by molar-refractivity contribution is 0.0575. The second-order valence-electron chi connectivity index (χ2n) is 11.7. The molecule has 0 bridgehead atoms. The van der Waals surface area contributed by atoms with E-state index in [4.69, 9.17) is 21.3 Å². The maximum absolute atomic E-state index is 13.1. The van der Waals surface area contributed by atoms with Crippen LogP contribution in [0.3, 0.4) is 0 Å². The minimum absolute atomic E-state index is 0.182. The molecule has 3 heterocycles. The fraction of sp³-hybridized carbons (Fsp3) is 0.355. The molecule has 1 atom stereocenters. The number of hydrogen-bond acceptors (Lipinski definition) is 8. The van der Waals surface area contributed by atoms with Crippen molar-refractivity contribution in [1.82, 2.24) is 19.9 Å². The van der Waals surface area contributed by atoms with Crippen LogP contribution in [0.25, 0.3) is 22.2 Å². The van der Waals surface area contributed by atoms with Gasteiger partial charge in [0, 0.05) is 53.4 Å². The highest BCUT2D eigenvalue weighted by molar-refractivity contribution is 6.32. The molecule has 0 fully saturated rings. The highest BCUT2D eigenvalue weighted by atomic mass is 35.5. The number of carbonyl (C=O) groups excluding carboxylic acids is 1. The van der Waals surface area contributed by atoms with Crippen molar-refractivity contribution in [2.45, 2.75) is 45.3 Å². The number of nitriles is 1. The van der Waals surface area contributed by atoms with Crippen LogP contribution < -0.4 is 15.5 Å². The van der Waals surface area contributed by atoms with Crippen LogP contribution >= 0.6 is 11.6 Å². The van der Waals surface area contributed by atoms with Gasteiger partial charge < -0.3 is 25.0 Å². The van der Waals surface area contributed by atoms with Crippen molar-refractivity contribution in [2.24, 2.45) is 0 Å². The average molecular weight is 588 g/mol. The molecule has 5 rings (SSSR count). The number of aliphatic hydroxyl groups excluding tert-OH is 1. The fourth-order valence-corrected chi connectivity index (χ4v) is 5.44. The van der Waals surface area contributed by atoms with Crippen LogP contribution in [-0.4, -0.2) is 58.1 Å². The van der Waals surface area contributed by atoms with Crippen LogP contribution in [-0.2, 0) is 16.7 Å². The van der Waals surface area contributed by atoms with Crippen molar-refractivity contribution in [3.05, 3.63) is 64.9 Å². The first-order chi connectivity index (χ1) is 20.0. The second-order valence-corrected chi connectivity index (χ2v) is 12.1. The van der Waals surface area contributed by atoms with Gasteiger partial charge in [0.1, 0.15) is 11.7 Å². The van der Waals surface area contributed by atoms with Gasteiger partial charge in [0.25, 0.3) is 0 Å². The molecule has 1 amide bonds. The smallest absolute Gasteiger partial charge is 0.414 e. The van der Waals surface area contributed by atoms with Crippen LogP contribution in [0.5, 0.6) is 0 Å². The van der Waals surface area contributed by atoms with Crippen LogP contribution in [0.15, 0.2) is 48.8 Å². The van der Waals surface area contributed by atoms with E-state index in [1.54, 1.807) is 39.1 Å². The predicted octanol–water partition coefficient (Wildman–Crippen LogP) is 5.59. The fourth-order valence-electron chi connectivity index (χ4n) is 5.23. The lowest BCUT2D eigenvalue weighted by Gasteiger charge is -2.26. The molecule has 0 spiro atoms. The molecule has 0 radical (unpaired) electrons. The van der Waals surface area contributed by atoms with Crippen molar-refractivity contribution >= 4 is 45.9 Å². The lowest BCUT2D eigenvalue weighted by atomic mass is 9.83. The third kappa shape index (κ3) is 5.63. The zero-order valence-electron chi connectivity index (χ0n) is 24.3. The number of amides is 1. The number of rotatable bonds is 7.